The Morgan fingerprint density at radius 3 is 2.33 bits per heavy atom. The zero-order valence-corrected chi connectivity index (χ0v) is 11.7. The van der Waals surface area contributed by atoms with Crippen LogP contribution in [0.1, 0.15) is 30.1 Å². The summed E-state index contributed by atoms with van der Waals surface area (Å²) >= 11 is 0. The molecule has 0 heterocycles. The van der Waals surface area contributed by atoms with E-state index in [2.05, 4.69) is 10.6 Å². The Hall–Kier alpha value is -2.57. The molecule has 1 aromatic rings. The summed E-state index contributed by atoms with van der Waals surface area (Å²) in [6, 6.07) is 5.57. The molecule has 0 aromatic heterocycles. The molecule has 0 spiro atoms. The molecule has 112 valence electrons. The Morgan fingerprint density at radius 2 is 1.81 bits per heavy atom. The number of hydrogen-bond donors (Lipinski definition) is 4. The lowest BCUT2D eigenvalue weighted by Crippen LogP contribution is -2.43. The van der Waals surface area contributed by atoms with Crippen LogP contribution in [-0.2, 0) is 4.79 Å². The SMILES string of the molecule is CC(Nc1ccc(C(=O)NC2CC2)cc1)C(=O)NC(N)=O. The minimum absolute atomic E-state index is 0.0939. The van der Waals surface area contributed by atoms with Gasteiger partial charge in [-0.15, -0.1) is 0 Å². The highest BCUT2D eigenvalue weighted by Crippen LogP contribution is 2.19. The molecular formula is C14H18N4O3. The molecule has 0 radical (unpaired) electrons. The van der Waals surface area contributed by atoms with Gasteiger partial charge >= 0.3 is 6.03 Å². The van der Waals surface area contributed by atoms with Gasteiger partial charge in [-0.25, -0.2) is 4.79 Å². The summed E-state index contributed by atoms with van der Waals surface area (Å²) < 4.78 is 0. The van der Waals surface area contributed by atoms with E-state index in [0.717, 1.165) is 12.8 Å². The van der Waals surface area contributed by atoms with Crippen LogP contribution in [0.4, 0.5) is 10.5 Å². The molecule has 1 aliphatic carbocycles. The molecule has 1 saturated carbocycles. The van der Waals surface area contributed by atoms with Crippen LogP contribution in [0.5, 0.6) is 0 Å². The fourth-order valence-electron chi connectivity index (χ4n) is 1.76. The summed E-state index contributed by atoms with van der Waals surface area (Å²) in [5, 5.41) is 7.80. The minimum atomic E-state index is -0.888. The standard InChI is InChI=1S/C14H18N4O3/c1-8(12(19)18-14(15)21)16-10-4-2-9(3-5-10)13(20)17-11-6-7-11/h2-5,8,11,16H,6-7H2,1H3,(H,17,20)(H3,15,18,19,21). The average Bonchev–Trinajstić information content (AvgIpc) is 3.22. The summed E-state index contributed by atoms with van der Waals surface area (Å²) in [6.45, 7) is 1.60. The number of amides is 4. The molecule has 4 amide bonds. The lowest BCUT2D eigenvalue weighted by atomic mass is 10.2. The topological polar surface area (TPSA) is 113 Å². The maximum absolute atomic E-state index is 11.8. The van der Waals surface area contributed by atoms with Crippen molar-refractivity contribution < 1.29 is 14.4 Å². The number of hydrogen-bond acceptors (Lipinski definition) is 4. The summed E-state index contributed by atoms with van der Waals surface area (Å²) in [5.41, 5.74) is 6.12. The lowest BCUT2D eigenvalue weighted by molar-refractivity contribution is -0.120. The number of carbonyl (C=O) groups excluding carboxylic acids is 3. The van der Waals surface area contributed by atoms with Gasteiger partial charge in [0.1, 0.15) is 6.04 Å². The number of imide groups is 1. The van der Waals surface area contributed by atoms with Crippen LogP contribution < -0.4 is 21.7 Å². The van der Waals surface area contributed by atoms with Gasteiger partial charge in [0.15, 0.2) is 0 Å². The van der Waals surface area contributed by atoms with Crippen LogP contribution in [0, 0.1) is 0 Å². The molecule has 1 fully saturated rings. The largest absolute Gasteiger partial charge is 0.374 e. The molecule has 1 atom stereocenters. The highest BCUT2D eigenvalue weighted by atomic mass is 16.2. The predicted molar refractivity (Wildman–Crippen MR) is 77.7 cm³/mol. The highest BCUT2D eigenvalue weighted by Gasteiger charge is 2.23. The van der Waals surface area contributed by atoms with Gasteiger partial charge in [0.25, 0.3) is 5.91 Å². The molecule has 1 aliphatic rings. The van der Waals surface area contributed by atoms with Crippen LogP contribution in [0.25, 0.3) is 0 Å². The first-order valence-electron chi connectivity index (χ1n) is 6.73. The number of rotatable bonds is 5. The molecule has 0 aliphatic heterocycles. The molecule has 0 saturated heterocycles. The average molecular weight is 290 g/mol. The van der Waals surface area contributed by atoms with E-state index >= 15 is 0 Å². The summed E-state index contributed by atoms with van der Waals surface area (Å²) in [7, 11) is 0. The number of anilines is 1. The molecule has 21 heavy (non-hydrogen) atoms. The molecule has 1 aromatic carbocycles. The third-order valence-corrected chi connectivity index (χ3v) is 3.08. The molecule has 7 nitrogen and oxygen atoms in total. The van der Waals surface area contributed by atoms with E-state index in [1.165, 1.54) is 0 Å². The smallest absolute Gasteiger partial charge is 0.318 e. The Balaban J connectivity index is 1.90. The zero-order chi connectivity index (χ0) is 15.4. The Bertz CT molecular complexity index is 552. The van der Waals surface area contributed by atoms with Crippen molar-refractivity contribution in [2.24, 2.45) is 5.73 Å². The maximum Gasteiger partial charge on any atom is 0.318 e. The molecule has 1 unspecified atom stereocenters. The Morgan fingerprint density at radius 1 is 1.19 bits per heavy atom. The highest BCUT2D eigenvalue weighted by molar-refractivity contribution is 5.97. The van der Waals surface area contributed by atoms with Crippen LogP contribution in [0.3, 0.4) is 0 Å². The number of urea groups is 1. The first-order valence-corrected chi connectivity index (χ1v) is 6.73. The molecule has 7 heteroatoms. The van der Waals surface area contributed by atoms with Crippen molar-refractivity contribution in [1.29, 1.82) is 0 Å². The van der Waals surface area contributed by atoms with Crippen molar-refractivity contribution in [2.45, 2.75) is 31.8 Å². The molecule has 2 rings (SSSR count). The molecule has 5 N–H and O–H groups in total. The van der Waals surface area contributed by atoms with Gasteiger partial charge in [-0.05, 0) is 44.0 Å². The Kier molecular flexibility index (Phi) is 4.42. The van der Waals surface area contributed by atoms with E-state index in [0.29, 0.717) is 17.3 Å². The van der Waals surface area contributed by atoms with E-state index < -0.39 is 18.0 Å². The number of primary amides is 1. The summed E-state index contributed by atoms with van der Waals surface area (Å²) in [6.07, 6.45) is 2.08. The van der Waals surface area contributed by atoms with Crippen LogP contribution in [0.15, 0.2) is 24.3 Å². The van der Waals surface area contributed by atoms with Crippen molar-refractivity contribution >= 4 is 23.5 Å². The van der Waals surface area contributed by atoms with Crippen LogP contribution >= 0.6 is 0 Å². The van der Waals surface area contributed by atoms with E-state index in [4.69, 9.17) is 5.73 Å². The van der Waals surface area contributed by atoms with Crippen molar-refractivity contribution in [3.63, 3.8) is 0 Å². The van der Waals surface area contributed by atoms with Gasteiger partial charge in [-0.1, -0.05) is 0 Å². The Labute approximate surface area is 122 Å². The van der Waals surface area contributed by atoms with E-state index in [9.17, 15) is 14.4 Å². The lowest BCUT2D eigenvalue weighted by Gasteiger charge is -2.14. The number of benzene rings is 1. The minimum Gasteiger partial charge on any atom is -0.374 e. The fourth-order valence-corrected chi connectivity index (χ4v) is 1.76. The fraction of sp³-hybridized carbons (Fsp3) is 0.357. The van der Waals surface area contributed by atoms with Gasteiger partial charge in [0, 0.05) is 17.3 Å². The van der Waals surface area contributed by atoms with Crippen LogP contribution in [0.2, 0.25) is 0 Å². The van der Waals surface area contributed by atoms with Gasteiger partial charge < -0.3 is 16.4 Å². The summed E-state index contributed by atoms with van der Waals surface area (Å²) in [5.74, 6) is -0.610. The maximum atomic E-state index is 11.8. The van der Waals surface area contributed by atoms with E-state index in [1.807, 2.05) is 5.32 Å². The number of nitrogens with two attached hydrogens (primary N) is 1. The second kappa shape index (κ2) is 6.25. The van der Waals surface area contributed by atoms with Crippen molar-refractivity contribution in [1.82, 2.24) is 10.6 Å². The first-order chi connectivity index (χ1) is 9.95. The van der Waals surface area contributed by atoms with Crippen molar-refractivity contribution in [3.05, 3.63) is 29.8 Å². The second-order valence-corrected chi connectivity index (χ2v) is 5.04. The van der Waals surface area contributed by atoms with Gasteiger partial charge in [-0.2, -0.15) is 0 Å². The van der Waals surface area contributed by atoms with Gasteiger partial charge in [-0.3, -0.25) is 14.9 Å². The third-order valence-electron chi connectivity index (χ3n) is 3.08. The van der Waals surface area contributed by atoms with Gasteiger partial charge in [0.05, 0.1) is 0 Å². The molecular weight excluding hydrogens is 272 g/mol. The normalized spacial score (nSPS) is 14.9. The monoisotopic (exact) mass is 290 g/mol. The predicted octanol–water partition coefficient (Wildman–Crippen LogP) is 0.574. The van der Waals surface area contributed by atoms with E-state index in [-0.39, 0.29) is 5.91 Å². The van der Waals surface area contributed by atoms with Gasteiger partial charge in [0.2, 0.25) is 5.91 Å². The van der Waals surface area contributed by atoms with Crippen molar-refractivity contribution in [3.8, 4) is 0 Å². The second-order valence-electron chi connectivity index (χ2n) is 5.04. The van der Waals surface area contributed by atoms with E-state index in [1.54, 1.807) is 31.2 Å². The first kappa shape index (κ1) is 14.8. The van der Waals surface area contributed by atoms with Crippen LogP contribution in [-0.4, -0.2) is 29.9 Å². The van der Waals surface area contributed by atoms with Crippen molar-refractivity contribution in [2.75, 3.05) is 5.32 Å². The summed E-state index contributed by atoms with van der Waals surface area (Å²) in [4.78, 5) is 33.9. The molecule has 0 bridgehead atoms. The number of nitrogens with one attached hydrogen (secondary N) is 3. The quantitative estimate of drug-likeness (QED) is 0.635. The number of carbonyl (C=O) groups is 3. The third kappa shape index (κ3) is 4.48. The zero-order valence-electron chi connectivity index (χ0n) is 11.7.